The summed E-state index contributed by atoms with van der Waals surface area (Å²) in [4.78, 5) is 19.7. The lowest BCUT2D eigenvalue weighted by molar-refractivity contribution is 0.654. The smallest absolute Gasteiger partial charge is 0.229 e. The maximum atomic E-state index is 6.53. The maximum absolute atomic E-state index is 6.53. The Morgan fingerprint density at radius 2 is 1.49 bits per heavy atom. The topological polar surface area (TPSA) is 64.7 Å². The molecule has 0 radical (unpaired) electrons. The number of halogens is 1. The Balaban J connectivity index is 1.40. The predicted molar refractivity (Wildman–Crippen MR) is 166 cm³/mol. The first-order chi connectivity index (χ1) is 20.1. The summed E-state index contributed by atoms with van der Waals surface area (Å²) in [5.41, 5.74) is 6.51. The maximum Gasteiger partial charge on any atom is 0.229 e. The van der Waals surface area contributed by atoms with Gasteiger partial charge in [-0.15, -0.1) is 0 Å². The first-order valence-corrected chi connectivity index (χ1v) is 14.0. The summed E-state index contributed by atoms with van der Waals surface area (Å²) in [6, 6.07) is 32.8. The number of fused-ring (bicyclic) bond motifs is 5. The van der Waals surface area contributed by atoms with E-state index in [0.29, 0.717) is 34.3 Å². The number of allylic oxidation sites excluding steroid dienone is 1. The molecule has 5 nitrogen and oxygen atoms in total. The lowest BCUT2D eigenvalue weighted by Crippen LogP contribution is -2.08. The predicted octanol–water partition coefficient (Wildman–Crippen LogP) is 9.35. The molecule has 0 aliphatic heterocycles. The molecule has 0 amide bonds. The van der Waals surface area contributed by atoms with Gasteiger partial charge in [-0.1, -0.05) is 97.4 Å². The molecule has 1 unspecified atom stereocenters. The number of aromatic nitrogens is 4. The summed E-state index contributed by atoms with van der Waals surface area (Å²) in [6.45, 7) is 2.25. The van der Waals surface area contributed by atoms with Gasteiger partial charge in [-0.2, -0.15) is 0 Å². The van der Waals surface area contributed by atoms with Crippen LogP contribution in [-0.2, 0) is 0 Å². The van der Waals surface area contributed by atoms with Crippen LogP contribution in [0.25, 0.3) is 67.3 Å². The van der Waals surface area contributed by atoms with Gasteiger partial charge in [-0.05, 0) is 64.1 Å². The standard InChI is InChI=1S/C35H23ClN4O/c1-20-16-25(18-23-10-4-5-11-26(20)23)33-38-32(24-15-14-21-8-2-3-9-22(21)17-24)39-34(40-33)28-19-30(36)37-35-31(28)27-12-6-7-13-29(27)41-35/h2-15,17-20H,16H2,1H3. The fourth-order valence-electron chi connectivity index (χ4n) is 5.90. The van der Waals surface area contributed by atoms with Gasteiger partial charge in [0.05, 0.1) is 5.39 Å². The van der Waals surface area contributed by atoms with Gasteiger partial charge in [-0.3, -0.25) is 0 Å². The highest BCUT2D eigenvalue weighted by molar-refractivity contribution is 6.30. The number of furan rings is 1. The van der Waals surface area contributed by atoms with E-state index in [9.17, 15) is 0 Å². The van der Waals surface area contributed by atoms with Crippen LogP contribution >= 0.6 is 11.6 Å². The fraction of sp³-hybridized carbons (Fsp3) is 0.0857. The highest BCUT2D eigenvalue weighted by Gasteiger charge is 2.23. The summed E-state index contributed by atoms with van der Waals surface area (Å²) in [6.07, 6.45) is 3.04. The Bertz CT molecular complexity index is 2180. The Morgan fingerprint density at radius 1 is 0.732 bits per heavy atom. The molecule has 0 saturated heterocycles. The molecule has 0 saturated carbocycles. The molecule has 1 aliphatic rings. The number of pyridine rings is 1. The molecule has 6 heteroatoms. The molecule has 3 heterocycles. The SMILES string of the molecule is CC1CC(c2nc(-c3ccc4ccccc4c3)nc(-c3cc(Cl)nc4oc5ccccc5c34)n2)=Cc2ccccc21. The second-order valence-electron chi connectivity index (χ2n) is 10.5. The molecule has 41 heavy (non-hydrogen) atoms. The zero-order valence-electron chi connectivity index (χ0n) is 22.2. The molecule has 0 N–H and O–H groups in total. The third-order valence-corrected chi connectivity index (χ3v) is 8.07. The quantitative estimate of drug-likeness (QED) is 0.205. The lowest BCUT2D eigenvalue weighted by Gasteiger charge is -2.22. The molecule has 196 valence electrons. The minimum atomic E-state index is 0.320. The van der Waals surface area contributed by atoms with E-state index in [1.54, 1.807) is 0 Å². The number of benzene rings is 4. The van der Waals surface area contributed by atoms with Crippen LogP contribution in [0.3, 0.4) is 0 Å². The third-order valence-electron chi connectivity index (χ3n) is 7.87. The zero-order chi connectivity index (χ0) is 27.5. The fourth-order valence-corrected chi connectivity index (χ4v) is 6.09. The Morgan fingerprint density at radius 3 is 2.41 bits per heavy atom. The van der Waals surface area contributed by atoms with E-state index in [0.717, 1.165) is 44.9 Å². The van der Waals surface area contributed by atoms with Gasteiger partial charge in [0, 0.05) is 16.5 Å². The van der Waals surface area contributed by atoms with E-state index in [-0.39, 0.29) is 0 Å². The zero-order valence-corrected chi connectivity index (χ0v) is 22.9. The molecule has 1 aliphatic carbocycles. The number of hydrogen-bond acceptors (Lipinski definition) is 5. The minimum Gasteiger partial charge on any atom is -0.438 e. The molecular weight excluding hydrogens is 528 g/mol. The van der Waals surface area contributed by atoms with Crippen LogP contribution < -0.4 is 0 Å². The van der Waals surface area contributed by atoms with Gasteiger partial charge in [0.15, 0.2) is 17.5 Å². The molecule has 8 rings (SSSR count). The van der Waals surface area contributed by atoms with Gasteiger partial charge in [0.25, 0.3) is 0 Å². The van der Waals surface area contributed by atoms with Gasteiger partial charge >= 0.3 is 0 Å². The van der Waals surface area contributed by atoms with E-state index in [1.807, 2.05) is 42.5 Å². The third kappa shape index (κ3) is 4.09. The molecular formula is C35H23ClN4O. The molecule has 3 aromatic heterocycles. The van der Waals surface area contributed by atoms with Crippen molar-refractivity contribution in [1.82, 2.24) is 19.9 Å². The van der Waals surface area contributed by atoms with Gasteiger partial charge < -0.3 is 4.42 Å². The Labute approximate surface area is 241 Å². The number of para-hydroxylation sites is 1. The first-order valence-electron chi connectivity index (χ1n) is 13.6. The van der Waals surface area contributed by atoms with E-state index >= 15 is 0 Å². The van der Waals surface area contributed by atoms with Gasteiger partial charge in [0.2, 0.25) is 5.71 Å². The minimum absolute atomic E-state index is 0.320. The largest absolute Gasteiger partial charge is 0.438 e. The Kier molecular flexibility index (Phi) is 5.47. The highest BCUT2D eigenvalue weighted by atomic mass is 35.5. The van der Waals surface area contributed by atoms with Crippen LogP contribution in [0.4, 0.5) is 0 Å². The van der Waals surface area contributed by atoms with Crippen molar-refractivity contribution in [2.24, 2.45) is 0 Å². The van der Waals surface area contributed by atoms with Gasteiger partial charge in [-0.25, -0.2) is 19.9 Å². The summed E-state index contributed by atoms with van der Waals surface area (Å²) in [5.74, 6) is 2.15. The molecule has 1 atom stereocenters. The normalized spacial score (nSPS) is 14.9. The van der Waals surface area contributed by atoms with E-state index in [4.69, 9.17) is 31.0 Å². The average Bonchev–Trinajstić information content (AvgIpc) is 3.38. The molecule has 0 spiro atoms. The molecule has 4 aromatic carbocycles. The molecule has 0 bridgehead atoms. The monoisotopic (exact) mass is 550 g/mol. The van der Waals surface area contributed by atoms with Crippen LogP contribution in [0.2, 0.25) is 5.15 Å². The van der Waals surface area contributed by atoms with Crippen molar-refractivity contribution >= 4 is 56.1 Å². The van der Waals surface area contributed by atoms with Crippen LogP contribution in [-0.4, -0.2) is 19.9 Å². The van der Waals surface area contributed by atoms with E-state index < -0.39 is 0 Å². The van der Waals surface area contributed by atoms with Crippen molar-refractivity contribution in [3.63, 3.8) is 0 Å². The van der Waals surface area contributed by atoms with Crippen LogP contribution in [0.1, 0.15) is 36.2 Å². The van der Waals surface area contributed by atoms with Crippen LogP contribution in [0.5, 0.6) is 0 Å². The summed E-state index contributed by atoms with van der Waals surface area (Å²) in [7, 11) is 0. The van der Waals surface area contributed by atoms with E-state index in [2.05, 4.69) is 72.6 Å². The number of rotatable bonds is 3. The van der Waals surface area contributed by atoms with Crippen molar-refractivity contribution in [1.29, 1.82) is 0 Å². The van der Waals surface area contributed by atoms with Crippen molar-refractivity contribution in [2.75, 3.05) is 0 Å². The van der Waals surface area contributed by atoms with Crippen molar-refractivity contribution < 1.29 is 4.42 Å². The second-order valence-corrected chi connectivity index (χ2v) is 10.9. The van der Waals surface area contributed by atoms with Crippen molar-refractivity contribution in [3.8, 4) is 22.8 Å². The van der Waals surface area contributed by atoms with Gasteiger partial charge in [0.1, 0.15) is 10.7 Å². The van der Waals surface area contributed by atoms with Crippen molar-refractivity contribution in [3.05, 3.63) is 119 Å². The van der Waals surface area contributed by atoms with Crippen molar-refractivity contribution in [2.45, 2.75) is 19.3 Å². The summed E-state index contributed by atoms with van der Waals surface area (Å²) >= 11 is 6.53. The molecule has 7 aromatic rings. The first kappa shape index (κ1) is 24.0. The highest BCUT2D eigenvalue weighted by Crippen LogP contribution is 2.40. The van der Waals surface area contributed by atoms with Crippen LogP contribution in [0, 0.1) is 0 Å². The van der Waals surface area contributed by atoms with E-state index in [1.165, 1.54) is 16.5 Å². The van der Waals surface area contributed by atoms with Crippen LogP contribution in [0.15, 0.2) is 101 Å². The lowest BCUT2D eigenvalue weighted by atomic mass is 9.84. The average molecular weight is 551 g/mol. The summed E-state index contributed by atoms with van der Waals surface area (Å²) in [5, 5.41) is 4.39. The molecule has 0 fully saturated rings. The summed E-state index contributed by atoms with van der Waals surface area (Å²) < 4.78 is 6.08. The number of nitrogens with zero attached hydrogens (tertiary/aromatic N) is 4. The number of hydrogen-bond donors (Lipinski definition) is 0. The Hall–Kier alpha value is -4.87. The second kappa shape index (κ2) is 9.36.